The van der Waals surface area contributed by atoms with E-state index in [-0.39, 0.29) is 23.5 Å². The number of aromatic hydroxyl groups is 1. The Balaban J connectivity index is 2.09. The quantitative estimate of drug-likeness (QED) is 0.194. The molecule has 3 rings (SSSR count). The van der Waals surface area contributed by atoms with E-state index in [1.165, 1.54) is 6.07 Å². The third-order valence-corrected chi connectivity index (χ3v) is 6.09. The smallest absolute Gasteiger partial charge is 0.296 e. The fraction of sp³-hybridized carbons (Fsp3) is 0.0588. The molecule has 29 heavy (non-hydrogen) atoms. The second-order valence-electron chi connectivity index (χ2n) is 6.21. The van der Waals surface area contributed by atoms with Crippen molar-refractivity contribution < 1.29 is 31.0 Å². The van der Waals surface area contributed by atoms with Crippen LogP contribution in [0.25, 0.3) is 10.8 Å². The lowest BCUT2D eigenvalue weighted by atomic mass is 10.1. The highest BCUT2D eigenvalue weighted by Gasteiger charge is 2.23. The normalized spacial score (nSPS) is 12.2. The van der Waals surface area contributed by atoms with Crippen LogP contribution >= 0.6 is 0 Å². The third-order valence-electron chi connectivity index (χ3n) is 4.24. The predicted octanol–water partition coefficient (Wildman–Crippen LogP) is 1.82. The summed E-state index contributed by atoms with van der Waals surface area (Å²) in [4.78, 5) is -1.36. The molecule has 0 atom stereocenters. The van der Waals surface area contributed by atoms with Crippen molar-refractivity contribution in [3.8, 4) is 5.75 Å². The van der Waals surface area contributed by atoms with Crippen LogP contribution in [0.2, 0.25) is 0 Å². The molecule has 0 aromatic heterocycles. The molecule has 0 heterocycles. The number of benzene rings is 3. The second-order valence-corrected chi connectivity index (χ2v) is 8.99. The van der Waals surface area contributed by atoms with Gasteiger partial charge in [0, 0.05) is 17.6 Å². The maximum Gasteiger partial charge on any atom is 0.296 e. The predicted molar refractivity (Wildman–Crippen MR) is 108 cm³/mol. The van der Waals surface area contributed by atoms with E-state index in [1.54, 1.807) is 24.3 Å². The molecule has 3 aromatic carbocycles. The first-order valence-corrected chi connectivity index (χ1v) is 10.9. The topological polar surface area (TPSA) is 193 Å². The average molecular weight is 439 g/mol. The van der Waals surface area contributed by atoms with Crippen LogP contribution in [0.5, 0.6) is 5.75 Å². The summed E-state index contributed by atoms with van der Waals surface area (Å²) >= 11 is 0. The van der Waals surface area contributed by atoms with Gasteiger partial charge in [0.15, 0.2) is 0 Å². The lowest BCUT2D eigenvalue weighted by Gasteiger charge is -2.15. The van der Waals surface area contributed by atoms with Gasteiger partial charge >= 0.3 is 0 Å². The number of nitrogen functional groups attached to an aromatic ring is 2. The van der Waals surface area contributed by atoms with Crippen molar-refractivity contribution in [1.82, 2.24) is 0 Å². The lowest BCUT2D eigenvalue weighted by molar-refractivity contribution is 0.478. The summed E-state index contributed by atoms with van der Waals surface area (Å²) in [5.74, 6) is -0.201. The minimum atomic E-state index is -4.81. The van der Waals surface area contributed by atoms with Crippen molar-refractivity contribution in [3.05, 3.63) is 48.0 Å². The molecular formula is C17H17N3O7S2. The van der Waals surface area contributed by atoms with Gasteiger partial charge in [-0.25, -0.2) is 0 Å². The zero-order valence-electron chi connectivity index (χ0n) is 14.7. The molecule has 12 heteroatoms. The standard InChI is InChI=1S/C17H17N3O7S2/c18-12-3-1-2-9-4-5-14(16(21)15(9)12)20-8-10-6-11(28(22,23)24)7-13(19)17(10)29(25,26)27/h1-7,20-21H,8,18-19H2,(H,22,23,24)(H,25,26,27). The van der Waals surface area contributed by atoms with Crippen LogP contribution in [0.4, 0.5) is 17.1 Å². The lowest BCUT2D eigenvalue weighted by Crippen LogP contribution is -2.13. The zero-order valence-corrected chi connectivity index (χ0v) is 16.3. The van der Waals surface area contributed by atoms with E-state index in [0.29, 0.717) is 16.5 Å². The molecule has 0 unspecified atom stereocenters. The van der Waals surface area contributed by atoms with Crippen LogP contribution in [0, 0.1) is 0 Å². The first-order valence-electron chi connectivity index (χ1n) is 8.01. The Kier molecular flexibility index (Phi) is 5.04. The number of nitrogens with two attached hydrogens (primary N) is 2. The Bertz CT molecular complexity index is 1340. The summed E-state index contributed by atoms with van der Waals surface area (Å²) < 4.78 is 65.0. The monoisotopic (exact) mass is 439 g/mol. The highest BCUT2D eigenvalue weighted by Crippen LogP contribution is 2.37. The SMILES string of the molecule is Nc1cc(S(=O)(=O)O)cc(CNc2ccc3cccc(N)c3c2O)c1S(=O)(=O)O. The molecule has 0 aliphatic carbocycles. The number of phenolic OH excluding ortho intramolecular Hbond substituents is 1. The van der Waals surface area contributed by atoms with Crippen molar-refractivity contribution in [2.45, 2.75) is 16.3 Å². The zero-order chi connectivity index (χ0) is 21.6. The fourth-order valence-corrected chi connectivity index (χ4v) is 4.39. The van der Waals surface area contributed by atoms with Gasteiger partial charge < -0.3 is 21.9 Å². The van der Waals surface area contributed by atoms with Crippen LogP contribution in [0.3, 0.4) is 0 Å². The third kappa shape index (κ3) is 4.05. The number of nitrogens with one attached hydrogen (secondary N) is 1. The maximum absolute atomic E-state index is 11.7. The molecule has 0 amide bonds. The Hall–Kier alpha value is -3.06. The first kappa shape index (κ1) is 20.7. The van der Waals surface area contributed by atoms with Gasteiger partial charge in [0.2, 0.25) is 0 Å². The number of rotatable bonds is 5. The van der Waals surface area contributed by atoms with Crippen molar-refractivity contribution in [1.29, 1.82) is 0 Å². The summed E-state index contributed by atoms with van der Waals surface area (Å²) in [7, 11) is -9.49. The summed E-state index contributed by atoms with van der Waals surface area (Å²) in [6, 6.07) is 9.80. The number of hydrogen-bond acceptors (Lipinski definition) is 8. The van der Waals surface area contributed by atoms with E-state index in [0.717, 1.165) is 12.1 Å². The van der Waals surface area contributed by atoms with Gasteiger partial charge in [0.25, 0.3) is 20.2 Å². The van der Waals surface area contributed by atoms with Crippen molar-refractivity contribution in [3.63, 3.8) is 0 Å². The van der Waals surface area contributed by atoms with Crippen molar-refractivity contribution in [2.75, 3.05) is 16.8 Å². The van der Waals surface area contributed by atoms with E-state index in [4.69, 9.17) is 11.5 Å². The van der Waals surface area contributed by atoms with Crippen LogP contribution in [-0.4, -0.2) is 31.0 Å². The second kappa shape index (κ2) is 7.08. The Morgan fingerprint density at radius 2 is 1.59 bits per heavy atom. The van der Waals surface area contributed by atoms with Gasteiger partial charge in [-0.1, -0.05) is 18.2 Å². The molecule has 154 valence electrons. The molecule has 10 nitrogen and oxygen atoms in total. The number of phenols is 1. The van der Waals surface area contributed by atoms with Gasteiger partial charge in [-0.15, -0.1) is 0 Å². The van der Waals surface area contributed by atoms with Gasteiger partial charge in [-0.3, -0.25) is 9.11 Å². The summed E-state index contributed by atoms with van der Waals surface area (Å²) in [6.45, 7) is -0.353. The van der Waals surface area contributed by atoms with Gasteiger partial charge in [0.1, 0.15) is 10.6 Å². The van der Waals surface area contributed by atoms with Gasteiger partial charge in [-0.05, 0) is 35.2 Å². The Morgan fingerprint density at radius 1 is 0.897 bits per heavy atom. The molecule has 0 aliphatic heterocycles. The van der Waals surface area contributed by atoms with E-state index >= 15 is 0 Å². The first-order chi connectivity index (χ1) is 13.4. The molecule has 0 saturated carbocycles. The van der Waals surface area contributed by atoms with E-state index in [2.05, 4.69) is 5.32 Å². The molecule has 0 spiro atoms. The number of anilines is 3. The van der Waals surface area contributed by atoms with Crippen molar-refractivity contribution in [2.24, 2.45) is 0 Å². The number of fused-ring (bicyclic) bond motifs is 1. The number of hydrogen-bond donors (Lipinski definition) is 6. The molecule has 3 aromatic rings. The van der Waals surface area contributed by atoms with Crippen molar-refractivity contribution >= 4 is 48.1 Å². The van der Waals surface area contributed by atoms with Crippen LogP contribution in [0.1, 0.15) is 5.56 Å². The van der Waals surface area contributed by atoms with Crippen LogP contribution in [0.15, 0.2) is 52.3 Å². The molecule has 0 bridgehead atoms. The van der Waals surface area contributed by atoms with E-state index < -0.39 is 35.7 Å². The summed E-state index contributed by atoms with van der Waals surface area (Å²) in [6.07, 6.45) is 0. The van der Waals surface area contributed by atoms with Crippen LogP contribution < -0.4 is 16.8 Å². The summed E-state index contributed by atoms with van der Waals surface area (Å²) in [5, 5.41) is 14.3. The highest BCUT2D eigenvalue weighted by atomic mass is 32.2. The summed E-state index contributed by atoms with van der Waals surface area (Å²) in [5.41, 5.74) is 11.2. The molecule has 8 N–H and O–H groups in total. The molecule has 0 saturated heterocycles. The molecular weight excluding hydrogens is 422 g/mol. The van der Waals surface area contributed by atoms with Crippen LogP contribution in [-0.2, 0) is 26.8 Å². The van der Waals surface area contributed by atoms with E-state index in [1.807, 2.05) is 0 Å². The fourth-order valence-electron chi connectivity index (χ4n) is 3.00. The van der Waals surface area contributed by atoms with E-state index in [9.17, 15) is 31.0 Å². The Labute approximate surface area is 166 Å². The Morgan fingerprint density at radius 3 is 2.21 bits per heavy atom. The molecule has 0 radical (unpaired) electrons. The van der Waals surface area contributed by atoms with Gasteiger partial charge in [0.05, 0.1) is 16.3 Å². The van der Waals surface area contributed by atoms with Gasteiger partial charge in [-0.2, -0.15) is 16.8 Å². The molecule has 0 aliphatic rings. The minimum absolute atomic E-state index is 0.174. The molecule has 0 fully saturated rings. The largest absolute Gasteiger partial charge is 0.505 e. The average Bonchev–Trinajstić information content (AvgIpc) is 2.58. The maximum atomic E-state index is 11.7. The highest BCUT2D eigenvalue weighted by molar-refractivity contribution is 7.86. The minimum Gasteiger partial charge on any atom is -0.505 e.